The van der Waals surface area contributed by atoms with E-state index >= 15 is 0 Å². The number of hydrogen-bond acceptors (Lipinski definition) is 3. The van der Waals surface area contributed by atoms with Gasteiger partial charge in [0.05, 0.1) is 17.2 Å². The van der Waals surface area contributed by atoms with E-state index in [0.29, 0.717) is 12.4 Å². The van der Waals surface area contributed by atoms with Crippen LogP contribution in [0, 0.1) is 5.82 Å². The molecule has 3 aromatic rings. The van der Waals surface area contributed by atoms with Crippen LogP contribution in [0.4, 0.5) is 10.2 Å². The Kier molecular flexibility index (Phi) is 4.52. The summed E-state index contributed by atoms with van der Waals surface area (Å²) in [4.78, 5) is 11.9. The predicted octanol–water partition coefficient (Wildman–Crippen LogP) is 2.67. The van der Waals surface area contributed by atoms with E-state index in [2.05, 4.69) is 31.4 Å². The third-order valence-corrected chi connectivity index (χ3v) is 3.46. The molecule has 1 aromatic carbocycles. The normalized spacial score (nSPS) is 10.7. The van der Waals surface area contributed by atoms with Crippen LogP contribution >= 0.6 is 15.9 Å². The van der Waals surface area contributed by atoms with Crippen LogP contribution in [0.25, 0.3) is 0 Å². The molecule has 0 aliphatic rings. The second-order valence-corrected chi connectivity index (χ2v) is 5.85. The molecule has 0 unspecified atom stereocenters. The average Bonchev–Trinajstić information content (AvgIpc) is 3.08. The number of aromatic nitrogens is 4. The summed E-state index contributed by atoms with van der Waals surface area (Å²) in [5, 5.41) is 11.0. The fraction of sp³-hybridized carbons (Fsp3) is 0.133. The van der Waals surface area contributed by atoms with Crippen LogP contribution in [0.2, 0.25) is 0 Å². The number of benzene rings is 1. The zero-order chi connectivity index (χ0) is 16.2. The van der Waals surface area contributed by atoms with E-state index in [1.807, 2.05) is 6.07 Å². The summed E-state index contributed by atoms with van der Waals surface area (Å²) >= 11 is 3.27. The van der Waals surface area contributed by atoms with Crippen molar-refractivity contribution in [2.75, 3.05) is 5.32 Å². The molecule has 1 amide bonds. The predicted molar refractivity (Wildman–Crippen MR) is 86.3 cm³/mol. The Labute approximate surface area is 140 Å². The van der Waals surface area contributed by atoms with Crippen molar-refractivity contribution in [2.45, 2.75) is 13.1 Å². The highest BCUT2D eigenvalue weighted by Crippen LogP contribution is 2.09. The Morgan fingerprint density at radius 2 is 2.17 bits per heavy atom. The lowest BCUT2D eigenvalue weighted by atomic mass is 10.2. The quantitative estimate of drug-likeness (QED) is 0.743. The molecule has 1 N–H and O–H groups in total. The van der Waals surface area contributed by atoms with Gasteiger partial charge in [0.2, 0.25) is 5.91 Å². The summed E-state index contributed by atoms with van der Waals surface area (Å²) in [6, 6.07) is 8.01. The molecule has 23 heavy (non-hydrogen) atoms. The molecule has 0 aliphatic carbocycles. The zero-order valence-electron chi connectivity index (χ0n) is 12.0. The Morgan fingerprint density at radius 1 is 1.30 bits per heavy atom. The van der Waals surface area contributed by atoms with Gasteiger partial charge in [-0.25, -0.2) is 4.39 Å². The number of anilines is 1. The van der Waals surface area contributed by atoms with E-state index < -0.39 is 0 Å². The highest BCUT2D eigenvalue weighted by Gasteiger charge is 2.07. The number of carbonyl (C=O) groups excluding carboxylic acids is 1. The van der Waals surface area contributed by atoms with E-state index in [1.54, 1.807) is 35.4 Å². The number of halogens is 2. The van der Waals surface area contributed by atoms with Crippen LogP contribution in [0.1, 0.15) is 5.56 Å². The first-order valence-corrected chi connectivity index (χ1v) is 7.63. The van der Waals surface area contributed by atoms with Gasteiger partial charge in [-0.3, -0.25) is 14.2 Å². The fourth-order valence-corrected chi connectivity index (χ4v) is 2.42. The molecule has 0 spiro atoms. The number of carbonyl (C=O) groups is 1. The molecule has 2 heterocycles. The van der Waals surface area contributed by atoms with Gasteiger partial charge in [0.1, 0.15) is 12.4 Å². The van der Waals surface area contributed by atoms with Gasteiger partial charge in [-0.15, -0.1) is 0 Å². The molecule has 2 aromatic heterocycles. The van der Waals surface area contributed by atoms with Gasteiger partial charge in [0.25, 0.3) is 0 Å². The Hall–Kier alpha value is -2.48. The maximum Gasteiger partial charge on any atom is 0.247 e. The third kappa shape index (κ3) is 4.26. The minimum atomic E-state index is -0.284. The lowest BCUT2D eigenvalue weighted by molar-refractivity contribution is -0.116. The maximum atomic E-state index is 13.2. The Bertz CT molecular complexity index is 829. The number of amides is 1. The number of nitrogens with zero attached hydrogens (tertiary/aromatic N) is 4. The first-order chi connectivity index (χ1) is 11.1. The van der Waals surface area contributed by atoms with Crippen molar-refractivity contribution >= 4 is 27.7 Å². The standard InChI is InChI=1S/C15H13BrFN5O/c16-12-7-18-22(9-12)10-15(23)19-14-4-5-21(20-14)8-11-2-1-3-13(17)6-11/h1-7,9H,8,10H2,(H,19,20,23). The van der Waals surface area contributed by atoms with Gasteiger partial charge in [0, 0.05) is 18.5 Å². The summed E-state index contributed by atoms with van der Waals surface area (Å²) < 4.78 is 17.1. The molecule has 118 valence electrons. The van der Waals surface area contributed by atoms with Gasteiger partial charge < -0.3 is 5.32 Å². The van der Waals surface area contributed by atoms with Crippen LogP contribution in [0.15, 0.2) is 53.4 Å². The van der Waals surface area contributed by atoms with Crippen LogP contribution in [-0.2, 0) is 17.9 Å². The van der Waals surface area contributed by atoms with Crippen molar-refractivity contribution in [2.24, 2.45) is 0 Å². The molecule has 0 saturated heterocycles. The Balaban J connectivity index is 1.59. The van der Waals surface area contributed by atoms with Gasteiger partial charge in [0.15, 0.2) is 5.82 Å². The molecular weight excluding hydrogens is 365 g/mol. The van der Waals surface area contributed by atoms with Crippen molar-refractivity contribution in [3.05, 3.63) is 64.8 Å². The second-order valence-electron chi connectivity index (χ2n) is 4.93. The maximum absolute atomic E-state index is 13.2. The molecule has 3 rings (SSSR count). The van der Waals surface area contributed by atoms with E-state index in [9.17, 15) is 9.18 Å². The highest BCUT2D eigenvalue weighted by molar-refractivity contribution is 9.10. The summed E-state index contributed by atoms with van der Waals surface area (Å²) in [6.07, 6.45) is 5.05. The summed E-state index contributed by atoms with van der Waals surface area (Å²) in [5.41, 5.74) is 0.798. The zero-order valence-corrected chi connectivity index (χ0v) is 13.6. The van der Waals surface area contributed by atoms with E-state index in [-0.39, 0.29) is 18.3 Å². The molecule has 6 nitrogen and oxygen atoms in total. The van der Waals surface area contributed by atoms with Gasteiger partial charge in [-0.05, 0) is 33.6 Å². The van der Waals surface area contributed by atoms with Crippen molar-refractivity contribution < 1.29 is 9.18 Å². The van der Waals surface area contributed by atoms with Gasteiger partial charge in [-0.2, -0.15) is 10.2 Å². The highest BCUT2D eigenvalue weighted by atomic mass is 79.9. The molecule has 0 aliphatic heterocycles. The molecular formula is C15H13BrFN5O. The number of hydrogen-bond donors (Lipinski definition) is 1. The smallest absolute Gasteiger partial charge is 0.247 e. The van der Waals surface area contributed by atoms with Crippen molar-refractivity contribution in [1.29, 1.82) is 0 Å². The van der Waals surface area contributed by atoms with Crippen molar-refractivity contribution in [3.63, 3.8) is 0 Å². The van der Waals surface area contributed by atoms with E-state index in [0.717, 1.165) is 10.0 Å². The molecule has 0 radical (unpaired) electrons. The van der Waals surface area contributed by atoms with Crippen LogP contribution < -0.4 is 5.32 Å². The molecule has 0 fully saturated rings. The topological polar surface area (TPSA) is 64.7 Å². The minimum Gasteiger partial charge on any atom is -0.308 e. The second kappa shape index (κ2) is 6.74. The molecule has 0 bridgehead atoms. The average molecular weight is 378 g/mol. The van der Waals surface area contributed by atoms with E-state index in [4.69, 9.17) is 0 Å². The third-order valence-electron chi connectivity index (χ3n) is 3.05. The van der Waals surface area contributed by atoms with Gasteiger partial charge >= 0.3 is 0 Å². The van der Waals surface area contributed by atoms with Crippen LogP contribution in [0.3, 0.4) is 0 Å². The molecule has 0 atom stereocenters. The van der Waals surface area contributed by atoms with Crippen LogP contribution in [0.5, 0.6) is 0 Å². The van der Waals surface area contributed by atoms with Gasteiger partial charge in [-0.1, -0.05) is 12.1 Å². The summed E-state index contributed by atoms with van der Waals surface area (Å²) in [5.74, 6) is -0.0669. The largest absolute Gasteiger partial charge is 0.308 e. The van der Waals surface area contributed by atoms with Crippen molar-refractivity contribution in [3.8, 4) is 0 Å². The SMILES string of the molecule is O=C(Cn1cc(Br)cn1)Nc1ccn(Cc2cccc(F)c2)n1. The number of nitrogens with one attached hydrogen (secondary N) is 1. The minimum absolute atomic E-state index is 0.0996. The van der Waals surface area contributed by atoms with E-state index in [1.165, 1.54) is 16.8 Å². The number of rotatable bonds is 5. The molecule has 0 saturated carbocycles. The summed E-state index contributed by atoms with van der Waals surface area (Å²) in [7, 11) is 0. The summed E-state index contributed by atoms with van der Waals surface area (Å²) in [6.45, 7) is 0.530. The van der Waals surface area contributed by atoms with Crippen LogP contribution in [-0.4, -0.2) is 25.5 Å². The monoisotopic (exact) mass is 377 g/mol. The first-order valence-electron chi connectivity index (χ1n) is 6.84. The first kappa shape index (κ1) is 15.4. The lowest BCUT2D eigenvalue weighted by Crippen LogP contribution is -2.19. The lowest BCUT2D eigenvalue weighted by Gasteiger charge is -2.03. The Morgan fingerprint density at radius 3 is 2.91 bits per heavy atom. The van der Waals surface area contributed by atoms with Crippen molar-refractivity contribution in [1.82, 2.24) is 19.6 Å². The fourth-order valence-electron chi connectivity index (χ4n) is 2.09. The molecule has 8 heteroatoms.